The molecule has 1 atom stereocenters. The highest BCUT2D eigenvalue weighted by atomic mass is 16.6. The van der Waals surface area contributed by atoms with Gasteiger partial charge in [-0.25, -0.2) is 9.78 Å². The Balaban J connectivity index is 2.45. The highest BCUT2D eigenvalue weighted by Crippen LogP contribution is 2.27. The molecule has 0 bridgehead atoms. The minimum absolute atomic E-state index is 0.0995. The molecule has 0 amide bonds. The van der Waals surface area contributed by atoms with E-state index < -0.39 is 10.9 Å². The van der Waals surface area contributed by atoms with E-state index in [-0.39, 0.29) is 29.7 Å². The summed E-state index contributed by atoms with van der Waals surface area (Å²) >= 11 is 0. The van der Waals surface area contributed by atoms with Gasteiger partial charge in [0.25, 0.3) is 5.69 Å². The van der Waals surface area contributed by atoms with Crippen LogP contribution in [-0.2, 0) is 0 Å². The van der Waals surface area contributed by atoms with Crippen molar-refractivity contribution in [2.45, 2.75) is 31.7 Å². The highest BCUT2D eigenvalue weighted by molar-refractivity contribution is 5.94. The molecule has 2 rings (SSSR count). The monoisotopic (exact) mass is 295 g/mol. The minimum Gasteiger partial charge on any atom is -0.478 e. The summed E-state index contributed by atoms with van der Waals surface area (Å²) in [6, 6.07) is 0.809. The van der Waals surface area contributed by atoms with Gasteiger partial charge in [-0.05, 0) is 12.8 Å². The summed E-state index contributed by atoms with van der Waals surface area (Å²) in [6.07, 6.45) is 4.63. The van der Waals surface area contributed by atoms with Gasteiger partial charge in [0.05, 0.1) is 17.6 Å². The molecule has 0 saturated carbocycles. The van der Waals surface area contributed by atoms with Crippen LogP contribution in [0.15, 0.2) is 12.3 Å². The molecular formula is C13H17N3O5. The number of aromatic carboxylic acids is 1. The SMILES string of the molecule is O=C(O)c1cc([N+](=O)[O-])cnc1N1CCCCCC1CO. The van der Waals surface area contributed by atoms with E-state index >= 15 is 0 Å². The van der Waals surface area contributed by atoms with Crippen molar-refractivity contribution in [3.05, 3.63) is 27.9 Å². The number of rotatable bonds is 4. The molecule has 0 aromatic carbocycles. The van der Waals surface area contributed by atoms with Crippen LogP contribution in [-0.4, -0.2) is 45.3 Å². The molecule has 0 radical (unpaired) electrons. The number of pyridine rings is 1. The molecule has 21 heavy (non-hydrogen) atoms. The van der Waals surface area contributed by atoms with Crippen LogP contribution in [0.25, 0.3) is 0 Å². The number of nitrogens with zero attached hydrogens (tertiary/aromatic N) is 3. The van der Waals surface area contributed by atoms with E-state index in [2.05, 4.69) is 4.98 Å². The first-order chi connectivity index (χ1) is 10.0. The molecule has 0 spiro atoms. The predicted molar refractivity (Wildman–Crippen MR) is 74.5 cm³/mol. The number of aliphatic hydroxyl groups is 1. The molecule has 1 saturated heterocycles. The Morgan fingerprint density at radius 1 is 1.48 bits per heavy atom. The Bertz CT molecular complexity index is 549. The second kappa shape index (κ2) is 6.49. The molecule has 2 N–H and O–H groups in total. The molecule has 0 aliphatic carbocycles. The topological polar surface area (TPSA) is 117 Å². The minimum atomic E-state index is -1.26. The fourth-order valence-electron chi connectivity index (χ4n) is 2.58. The zero-order chi connectivity index (χ0) is 15.4. The predicted octanol–water partition coefficient (Wildman–Crippen LogP) is 1.43. The van der Waals surface area contributed by atoms with Crippen LogP contribution in [0.2, 0.25) is 0 Å². The van der Waals surface area contributed by atoms with Crippen molar-refractivity contribution >= 4 is 17.5 Å². The van der Waals surface area contributed by atoms with Gasteiger partial charge in [-0.1, -0.05) is 12.8 Å². The zero-order valence-electron chi connectivity index (χ0n) is 11.4. The molecule has 1 aliphatic heterocycles. The summed E-state index contributed by atoms with van der Waals surface area (Å²) in [7, 11) is 0. The number of aromatic nitrogens is 1. The van der Waals surface area contributed by atoms with Gasteiger partial charge < -0.3 is 15.1 Å². The van der Waals surface area contributed by atoms with Gasteiger partial charge in [-0.15, -0.1) is 0 Å². The van der Waals surface area contributed by atoms with E-state index in [0.29, 0.717) is 6.54 Å². The lowest BCUT2D eigenvalue weighted by Crippen LogP contribution is -2.39. The second-order valence-corrected chi connectivity index (χ2v) is 5.01. The number of anilines is 1. The first-order valence-corrected chi connectivity index (χ1v) is 6.80. The Labute approximate surface area is 121 Å². The zero-order valence-corrected chi connectivity index (χ0v) is 11.4. The van der Waals surface area contributed by atoms with Crippen LogP contribution in [0.1, 0.15) is 36.0 Å². The molecule has 2 heterocycles. The molecule has 1 aromatic heterocycles. The van der Waals surface area contributed by atoms with Crippen LogP contribution in [0.3, 0.4) is 0 Å². The number of aliphatic hydroxyl groups excluding tert-OH is 1. The van der Waals surface area contributed by atoms with Gasteiger partial charge in [0, 0.05) is 12.6 Å². The maximum absolute atomic E-state index is 11.4. The number of nitro groups is 1. The molecular weight excluding hydrogens is 278 g/mol. The summed E-state index contributed by atoms with van der Waals surface area (Å²) in [5, 5.41) is 29.5. The van der Waals surface area contributed by atoms with Crippen molar-refractivity contribution in [3.63, 3.8) is 0 Å². The fraction of sp³-hybridized carbons (Fsp3) is 0.538. The van der Waals surface area contributed by atoms with Crippen LogP contribution in [0.4, 0.5) is 11.5 Å². The standard InChI is InChI=1S/C13H17N3O5/c17-8-9-4-2-1-3-5-15(9)12-11(13(18)19)6-10(7-14-12)16(20)21/h6-7,9,17H,1-5,8H2,(H,18,19). The summed E-state index contributed by atoms with van der Waals surface area (Å²) < 4.78 is 0. The maximum atomic E-state index is 11.4. The summed E-state index contributed by atoms with van der Waals surface area (Å²) in [6.45, 7) is 0.480. The lowest BCUT2D eigenvalue weighted by atomic mass is 10.1. The Morgan fingerprint density at radius 3 is 2.86 bits per heavy atom. The summed E-state index contributed by atoms with van der Waals surface area (Å²) in [5.41, 5.74) is -0.559. The number of carboxylic acid groups (broad SMARTS) is 1. The number of hydrogen-bond acceptors (Lipinski definition) is 6. The lowest BCUT2D eigenvalue weighted by Gasteiger charge is -2.30. The largest absolute Gasteiger partial charge is 0.478 e. The third-order valence-corrected chi connectivity index (χ3v) is 3.65. The van der Waals surface area contributed by atoms with Gasteiger partial charge >= 0.3 is 5.97 Å². The lowest BCUT2D eigenvalue weighted by molar-refractivity contribution is -0.385. The van der Waals surface area contributed by atoms with Crippen LogP contribution in [0.5, 0.6) is 0 Å². The first-order valence-electron chi connectivity index (χ1n) is 6.80. The number of carboxylic acids is 1. The van der Waals surface area contributed by atoms with E-state index in [4.69, 9.17) is 0 Å². The van der Waals surface area contributed by atoms with E-state index in [1.807, 2.05) is 0 Å². The van der Waals surface area contributed by atoms with Crippen molar-refractivity contribution in [3.8, 4) is 0 Å². The van der Waals surface area contributed by atoms with E-state index in [9.17, 15) is 25.1 Å². The quantitative estimate of drug-likeness (QED) is 0.637. The third kappa shape index (κ3) is 3.27. The van der Waals surface area contributed by atoms with Gasteiger partial charge in [-0.2, -0.15) is 0 Å². The normalized spacial score (nSPS) is 19.1. The van der Waals surface area contributed by atoms with Crippen molar-refractivity contribution < 1.29 is 19.9 Å². The van der Waals surface area contributed by atoms with Crippen LogP contribution >= 0.6 is 0 Å². The molecule has 1 fully saturated rings. The average Bonchev–Trinajstić information content (AvgIpc) is 2.71. The average molecular weight is 295 g/mol. The number of hydrogen-bond donors (Lipinski definition) is 2. The van der Waals surface area contributed by atoms with Gasteiger partial charge in [0.15, 0.2) is 0 Å². The molecule has 8 nitrogen and oxygen atoms in total. The first kappa shape index (κ1) is 15.2. The Morgan fingerprint density at radius 2 is 2.24 bits per heavy atom. The molecule has 1 unspecified atom stereocenters. The maximum Gasteiger partial charge on any atom is 0.339 e. The third-order valence-electron chi connectivity index (χ3n) is 3.65. The van der Waals surface area contributed by atoms with E-state index in [1.165, 1.54) is 0 Å². The van der Waals surface area contributed by atoms with Crippen molar-refractivity contribution in [2.24, 2.45) is 0 Å². The smallest absolute Gasteiger partial charge is 0.339 e. The highest BCUT2D eigenvalue weighted by Gasteiger charge is 2.27. The molecule has 1 aromatic rings. The molecule has 1 aliphatic rings. The second-order valence-electron chi connectivity index (χ2n) is 5.01. The fourth-order valence-corrected chi connectivity index (χ4v) is 2.58. The Hall–Kier alpha value is -2.22. The van der Waals surface area contributed by atoms with E-state index in [0.717, 1.165) is 37.9 Å². The summed E-state index contributed by atoms with van der Waals surface area (Å²) in [5.74, 6) is -1.07. The molecule has 8 heteroatoms. The summed E-state index contributed by atoms with van der Waals surface area (Å²) in [4.78, 5) is 27.2. The van der Waals surface area contributed by atoms with Crippen LogP contribution < -0.4 is 4.90 Å². The van der Waals surface area contributed by atoms with Crippen molar-refractivity contribution in [1.82, 2.24) is 4.98 Å². The van der Waals surface area contributed by atoms with E-state index in [1.54, 1.807) is 4.90 Å². The Kier molecular flexibility index (Phi) is 4.69. The van der Waals surface area contributed by atoms with Gasteiger partial charge in [0.1, 0.15) is 17.6 Å². The van der Waals surface area contributed by atoms with Crippen molar-refractivity contribution in [2.75, 3.05) is 18.1 Å². The van der Waals surface area contributed by atoms with Crippen LogP contribution in [0, 0.1) is 10.1 Å². The van der Waals surface area contributed by atoms with Gasteiger partial charge in [-0.3, -0.25) is 10.1 Å². The van der Waals surface area contributed by atoms with Gasteiger partial charge in [0.2, 0.25) is 0 Å². The number of carbonyl (C=O) groups is 1. The van der Waals surface area contributed by atoms with Crippen molar-refractivity contribution in [1.29, 1.82) is 0 Å². The molecule has 114 valence electrons.